The molecule has 3 nitrogen and oxygen atoms in total. The van der Waals surface area contributed by atoms with Crippen molar-refractivity contribution in [2.75, 3.05) is 0 Å². The molecule has 0 aliphatic carbocycles. The van der Waals surface area contributed by atoms with E-state index in [0.717, 1.165) is 51.4 Å². The third-order valence-electron chi connectivity index (χ3n) is 6.23. The molecule has 0 spiro atoms. The fourth-order valence-electron chi connectivity index (χ4n) is 4.49. The molecular weight excluding hydrogens is 411 g/mol. The van der Waals surface area contributed by atoms with Crippen LogP contribution in [-0.4, -0.2) is 13.0 Å². The van der Waals surface area contributed by atoms with Gasteiger partial charge >= 0.3 is 0 Å². The van der Waals surface area contributed by atoms with Crippen LogP contribution in [0.25, 0.3) is 10.8 Å². The highest BCUT2D eigenvalue weighted by Crippen LogP contribution is 2.37. The molecule has 1 N–H and O–H groups in total. The summed E-state index contributed by atoms with van der Waals surface area (Å²) in [5.41, 5.74) is 0.446. The van der Waals surface area contributed by atoms with E-state index in [9.17, 15) is 13.0 Å². The zero-order chi connectivity index (χ0) is 22.7. The maximum atomic E-state index is 15.3. The molecule has 1 unspecified atom stereocenters. The van der Waals surface area contributed by atoms with Crippen LogP contribution in [0.3, 0.4) is 0 Å². The van der Waals surface area contributed by atoms with E-state index in [1.165, 1.54) is 32.1 Å². The van der Waals surface area contributed by atoms with E-state index < -0.39 is 20.8 Å². The van der Waals surface area contributed by atoms with E-state index in [4.69, 9.17) is 0 Å². The summed E-state index contributed by atoms with van der Waals surface area (Å²) in [6.45, 7) is 4.36. The van der Waals surface area contributed by atoms with Gasteiger partial charge in [0.25, 0.3) is 10.1 Å². The minimum Gasteiger partial charge on any atom is -0.282 e. The second kappa shape index (κ2) is 13.2. The summed E-state index contributed by atoms with van der Waals surface area (Å²) < 4.78 is 49.5. The minimum absolute atomic E-state index is 0.0662. The molecule has 2 aromatic carbocycles. The van der Waals surface area contributed by atoms with Gasteiger partial charge in [0.05, 0.1) is 0 Å². The van der Waals surface area contributed by atoms with Crippen molar-refractivity contribution in [3.8, 4) is 0 Å². The largest absolute Gasteiger partial charge is 0.297 e. The lowest BCUT2D eigenvalue weighted by Gasteiger charge is -2.21. The highest BCUT2D eigenvalue weighted by molar-refractivity contribution is 7.86. The van der Waals surface area contributed by atoms with Crippen LogP contribution in [0.2, 0.25) is 0 Å². The number of benzene rings is 2. The van der Waals surface area contributed by atoms with E-state index in [1.807, 2.05) is 6.07 Å². The third-order valence-corrected chi connectivity index (χ3v) is 7.16. The zero-order valence-corrected chi connectivity index (χ0v) is 20.0. The van der Waals surface area contributed by atoms with E-state index in [1.54, 1.807) is 24.3 Å². The molecule has 0 saturated heterocycles. The molecule has 0 fully saturated rings. The SMILES string of the molecule is CCCCCCCCCC(CCCCCC)c1cc2ccccc2c(F)c1S(=O)(=O)O. The maximum Gasteiger partial charge on any atom is 0.297 e. The van der Waals surface area contributed by atoms with Crippen molar-refractivity contribution in [3.63, 3.8) is 0 Å². The number of unbranched alkanes of at least 4 members (excludes halogenated alkanes) is 9. The van der Waals surface area contributed by atoms with Crippen molar-refractivity contribution in [2.45, 2.75) is 108 Å². The van der Waals surface area contributed by atoms with E-state index in [0.29, 0.717) is 10.9 Å². The Balaban J connectivity index is 2.28. The van der Waals surface area contributed by atoms with Crippen molar-refractivity contribution in [1.82, 2.24) is 0 Å². The Morgan fingerprint density at radius 1 is 0.839 bits per heavy atom. The molecule has 31 heavy (non-hydrogen) atoms. The molecule has 0 amide bonds. The lowest BCUT2D eigenvalue weighted by Crippen LogP contribution is -2.11. The number of hydrogen-bond acceptors (Lipinski definition) is 2. The summed E-state index contributed by atoms with van der Waals surface area (Å²) in [7, 11) is -4.66. The number of fused-ring (bicyclic) bond motifs is 1. The Morgan fingerprint density at radius 2 is 1.35 bits per heavy atom. The molecule has 2 rings (SSSR count). The average Bonchev–Trinajstić information content (AvgIpc) is 2.73. The summed E-state index contributed by atoms with van der Waals surface area (Å²) in [6.07, 6.45) is 14.2. The van der Waals surface area contributed by atoms with Crippen LogP contribution < -0.4 is 0 Å². The van der Waals surface area contributed by atoms with Crippen LogP contribution in [0.15, 0.2) is 35.2 Å². The molecule has 1 atom stereocenters. The quantitative estimate of drug-likeness (QED) is 0.219. The monoisotopic (exact) mass is 450 g/mol. The predicted octanol–water partition coefficient (Wildman–Crippen LogP) is 8.42. The van der Waals surface area contributed by atoms with Gasteiger partial charge in [0.15, 0.2) is 5.82 Å². The number of rotatable bonds is 15. The lowest BCUT2D eigenvalue weighted by molar-refractivity contribution is 0.457. The Labute approximate surface area is 188 Å². The van der Waals surface area contributed by atoms with Crippen molar-refractivity contribution in [3.05, 3.63) is 41.7 Å². The first-order chi connectivity index (χ1) is 14.9. The molecule has 0 aromatic heterocycles. The fraction of sp³-hybridized carbons (Fsp3) is 0.615. The number of hydrogen-bond donors (Lipinski definition) is 1. The summed E-state index contributed by atoms with van der Waals surface area (Å²) in [5.74, 6) is -0.891. The average molecular weight is 451 g/mol. The van der Waals surface area contributed by atoms with Crippen LogP contribution in [0.4, 0.5) is 4.39 Å². The predicted molar refractivity (Wildman–Crippen MR) is 128 cm³/mol. The van der Waals surface area contributed by atoms with Crippen LogP contribution in [0.1, 0.15) is 109 Å². The Kier molecular flexibility index (Phi) is 11.0. The Morgan fingerprint density at radius 3 is 1.94 bits per heavy atom. The van der Waals surface area contributed by atoms with Crippen molar-refractivity contribution in [1.29, 1.82) is 0 Å². The molecule has 0 aliphatic heterocycles. The van der Waals surface area contributed by atoms with Crippen molar-refractivity contribution in [2.24, 2.45) is 0 Å². The van der Waals surface area contributed by atoms with Crippen molar-refractivity contribution >= 4 is 20.9 Å². The second-order valence-electron chi connectivity index (χ2n) is 8.76. The van der Waals surface area contributed by atoms with Gasteiger partial charge in [-0.15, -0.1) is 0 Å². The van der Waals surface area contributed by atoms with E-state index >= 15 is 4.39 Å². The lowest BCUT2D eigenvalue weighted by atomic mass is 9.87. The Hall–Kier alpha value is -1.46. The zero-order valence-electron chi connectivity index (χ0n) is 19.2. The van der Waals surface area contributed by atoms with Crippen LogP contribution in [-0.2, 0) is 10.1 Å². The normalized spacial score (nSPS) is 13.0. The molecule has 174 valence electrons. The fourth-order valence-corrected chi connectivity index (χ4v) is 5.35. The smallest absolute Gasteiger partial charge is 0.282 e. The standard InChI is InChI=1S/C26H39FO3S/c1-3-5-7-9-10-11-13-17-21(16-12-8-6-4-2)24-20-22-18-14-15-19-23(22)25(27)26(24)31(28,29)30/h14-15,18-21H,3-13,16-17H2,1-2H3,(H,28,29,30). The topological polar surface area (TPSA) is 54.4 Å². The second-order valence-corrected chi connectivity index (χ2v) is 10.1. The first-order valence-corrected chi connectivity index (χ1v) is 13.5. The molecule has 0 bridgehead atoms. The number of halogens is 1. The highest BCUT2D eigenvalue weighted by atomic mass is 32.2. The van der Waals surface area contributed by atoms with Gasteiger partial charge in [0.2, 0.25) is 0 Å². The van der Waals surface area contributed by atoms with Crippen LogP contribution >= 0.6 is 0 Å². The van der Waals surface area contributed by atoms with Crippen molar-refractivity contribution < 1.29 is 17.4 Å². The van der Waals surface area contributed by atoms with Crippen LogP contribution in [0.5, 0.6) is 0 Å². The maximum absolute atomic E-state index is 15.3. The van der Waals surface area contributed by atoms with E-state index in [-0.39, 0.29) is 11.3 Å². The first kappa shape index (κ1) is 25.8. The first-order valence-electron chi connectivity index (χ1n) is 12.1. The van der Waals surface area contributed by atoms with Gasteiger partial charge in [-0.3, -0.25) is 4.55 Å². The third kappa shape index (κ3) is 7.87. The van der Waals surface area contributed by atoms with Gasteiger partial charge in [0, 0.05) is 5.39 Å². The molecule has 0 radical (unpaired) electrons. The summed E-state index contributed by atoms with van der Waals surface area (Å²) >= 11 is 0. The van der Waals surface area contributed by atoms with E-state index in [2.05, 4.69) is 13.8 Å². The molecule has 2 aromatic rings. The highest BCUT2D eigenvalue weighted by Gasteiger charge is 2.27. The van der Waals surface area contributed by atoms with Gasteiger partial charge in [-0.25, -0.2) is 4.39 Å². The van der Waals surface area contributed by atoms with Crippen LogP contribution in [0, 0.1) is 5.82 Å². The minimum atomic E-state index is -4.66. The van der Waals surface area contributed by atoms with Gasteiger partial charge in [-0.05, 0) is 35.8 Å². The Bertz CT molecular complexity index is 908. The summed E-state index contributed by atoms with van der Waals surface area (Å²) in [4.78, 5) is -0.519. The van der Waals surface area contributed by atoms with Gasteiger partial charge in [0.1, 0.15) is 4.90 Å². The molecule has 5 heteroatoms. The molecule has 0 aliphatic rings. The molecular formula is C26H39FO3S. The van der Waals surface area contributed by atoms with Gasteiger partial charge in [-0.2, -0.15) is 8.42 Å². The van der Waals surface area contributed by atoms with Gasteiger partial charge < -0.3 is 0 Å². The summed E-state index contributed by atoms with van der Waals surface area (Å²) in [6, 6.07) is 8.66. The molecule has 0 heterocycles. The van der Waals surface area contributed by atoms with Gasteiger partial charge in [-0.1, -0.05) is 109 Å². The molecule has 0 saturated carbocycles. The summed E-state index contributed by atoms with van der Waals surface area (Å²) in [5, 5.41) is 0.917.